The average Bonchev–Trinajstić information content (AvgIpc) is 2.54. The smallest absolute Gasteiger partial charge is 0.273 e. The summed E-state index contributed by atoms with van der Waals surface area (Å²) in [5.41, 5.74) is 1.62. The molecule has 0 atom stereocenters. The minimum Gasteiger partial charge on any atom is -0.273 e. The Balaban J connectivity index is 2.03. The summed E-state index contributed by atoms with van der Waals surface area (Å²) in [5, 5.41) is 2.83. The number of hydrogen-bond donors (Lipinski definition) is 1. The van der Waals surface area contributed by atoms with Crippen molar-refractivity contribution < 1.29 is 14.4 Å². The number of nitrogens with one attached hydrogen (secondary N) is 1. The van der Waals surface area contributed by atoms with Crippen LogP contribution in [0.3, 0.4) is 0 Å². The molecule has 0 radical (unpaired) electrons. The van der Waals surface area contributed by atoms with Crippen molar-refractivity contribution in [2.45, 2.75) is 6.92 Å². The Kier molecular flexibility index (Phi) is 4.61. The molecule has 0 aromatic heterocycles. The lowest BCUT2D eigenvalue weighted by atomic mass is 10.1. The van der Waals surface area contributed by atoms with E-state index in [4.69, 9.17) is 23.2 Å². The standard InChI is InChI=1S/C18H12Cl2N2O3/c1-10-3-2-4-12(7-10)22-17(24)13(16(23)21-18(22)25)8-11-5-6-14(19)15(20)9-11/h2-9H,1H3,(H,21,23,25). The van der Waals surface area contributed by atoms with Gasteiger partial charge in [0.25, 0.3) is 11.8 Å². The topological polar surface area (TPSA) is 66.5 Å². The molecule has 1 aliphatic rings. The molecule has 5 nitrogen and oxygen atoms in total. The summed E-state index contributed by atoms with van der Waals surface area (Å²) in [5.74, 6) is -1.46. The number of halogens is 2. The third-order valence-electron chi connectivity index (χ3n) is 3.62. The van der Waals surface area contributed by atoms with E-state index in [0.29, 0.717) is 21.3 Å². The molecule has 1 saturated heterocycles. The van der Waals surface area contributed by atoms with Crippen LogP contribution < -0.4 is 10.2 Å². The Morgan fingerprint density at radius 1 is 1.00 bits per heavy atom. The van der Waals surface area contributed by atoms with Crippen LogP contribution in [0.15, 0.2) is 48.0 Å². The van der Waals surface area contributed by atoms with Crippen LogP contribution in [0.25, 0.3) is 6.08 Å². The van der Waals surface area contributed by atoms with Crippen molar-refractivity contribution in [3.8, 4) is 0 Å². The van der Waals surface area contributed by atoms with Gasteiger partial charge in [0.15, 0.2) is 0 Å². The fraction of sp³-hybridized carbons (Fsp3) is 0.0556. The maximum atomic E-state index is 12.7. The largest absolute Gasteiger partial charge is 0.335 e. The molecule has 0 bridgehead atoms. The molecule has 1 fully saturated rings. The molecular formula is C18H12Cl2N2O3. The maximum Gasteiger partial charge on any atom is 0.335 e. The third-order valence-corrected chi connectivity index (χ3v) is 4.36. The maximum absolute atomic E-state index is 12.7. The van der Waals surface area contributed by atoms with E-state index >= 15 is 0 Å². The number of rotatable bonds is 2. The second-order valence-corrected chi connectivity index (χ2v) is 6.28. The van der Waals surface area contributed by atoms with Crippen molar-refractivity contribution >= 4 is 52.8 Å². The molecule has 1 heterocycles. The summed E-state index contributed by atoms with van der Waals surface area (Å²) < 4.78 is 0. The van der Waals surface area contributed by atoms with E-state index in [9.17, 15) is 14.4 Å². The zero-order chi connectivity index (χ0) is 18.1. The van der Waals surface area contributed by atoms with Gasteiger partial charge < -0.3 is 0 Å². The Morgan fingerprint density at radius 3 is 2.44 bits per heavy atom. The number of carbonyl (C=O) groups is 3. The molecule has 7 heteroatoms. The summed E-state index contributed by atoms with van der Waals surface area (Å²) in [6, 6.07) is 10.8. The van der Waals surface area contributed by atoms with Crippen LogP contribution >= 0.6 is 23.2 Å². The van der Waals surface area contributed by atoms with Gasteiger partial charge in [-0.3, -0.25) is 14.9 Å². The van der Waals surface area contributed by atoms with Gasteiger partial charge in [0, 0.05) is 0 Å². The van der Waals surface area contributed by atoms with E-state index in [1.54, 1.807) is 30.3 Å². The van der Waals surface area contributed by atoms with Gasteiger partial charge in [-0.2, -0.15) is 0 Å². The van der Waals surface area contributed by atoms with Gasteiger partial charge in [-0.05, 0) is 48.4 Å². The monoisotopic (exact) mass is 374 g/mol. The molecule has 4 amide bonds. The van der Waals surface area contributed by atoms with Crippen LogP contribution in [0.5, 0.6) is 0 Å². The molecule has 0 unspecified atom stereocenters. The summed E-state index contributed by atoms with van der Waals surface area (Å²) >= 11 is 11.8. The Bertz CT molecular complexity index is 938. The Morgan fingerprint density at radius 2 is 1.76 bits per heavy atom. The molecule has 0 saturated carbocycles. The highest BCUT2D eigenvalue weighted by molar-refractivity contribution is 6.42. The number of anilines is 1. The number of benzene rings is 2. The number of nitrogens with zero attached hydrogens (tertiary/aromatic N) is 1. The minimum absolute atomic E-state index is 0.167. The Labute approximate surface area is 153 Å². The van der Waals surface area contributed by atoms with Crippen LogP contribution in [0.4, 0.5) is 10.5 Å². The van der Waals surface area contributed by atoms with E-state index < -0.39 is 17.8 Å². The highest BCUT2D eigenvalue weighted by Gasteiger charge is 2.36. The SMILES string of the molecule is Cc1cccc(N2C(=O)NC(=O)C(=Cc3ccc(Cl)c(Cl)c3)C2=O)c1. The number of barbiturate groups is 1. The molecule has 126 valence electrons. The lowest BCUT2D eigenvalue weighted by Crippen LogP contribution is -2.54. The molecule has 1 N–H and O–H groups in total. The van der Waals surface area contributed by atoms with E-state index in [1.807, 2.05) is 13.0 Å². The van der Waals surface area contributed by atoms with Gasteiger partial charge >= 0.3 is 6.03 Å². The number of aryl methyl sites for hydroxylation is 1. The lowest BCUT2D eigenvalue weighted by molar-refractivity contribution is -0.122. The molecule has 25 heavy (non-hydrogen) atoms. The second kappa shape index (κ2) is 6.70. The minimum atomic E-state index is -0.785. The molecule has 2 aromatic rings. The highest BCUT2D eigenvalue weighted by Crippen LogP contribution is 2.26. The highest BCUT2D eigenvalue weighted by atomic mass is 35.5. The normalized spacial score (nSPS) is 16.4. The predicted molar refractivity (Wildman–Crippen MR) is 96.6 cm³/mol. The summed E-state index contributed by atoms with van der Waals surface area (Å²) in [4.78, 5) is 37.9. The van der Waals surface area contributed by atoms with E-state index in [-0.39, 0.29) is 5.57 Å². The predicted octanol–water partition coefficient (Wildman–Crippen LogP) is 3.97. The quantitative estimate of drug-likeness (QED) is 0.638. The number of carbonyl (C=O) groups excluding carboxylic acids is 3. The lowest BCUT2D eigenvalue weighted by Gasteiger charge is -2.26. The van der Waals surface area contributed by atoms with Crippen molar-refractivity contribution in [3.05, 3.63) is 69.2 Å². The molecular weight excluding hydrogens is 363 g/mol. The molecule has 3 rings (SSSR count). The fourth-order valence-electron chi connectivity index (χ4n) is 2.43. The molecule has 1 aliphatic heterocycles. The van der Waals surface area contributed by atoms with Gasteiger partial charge in [-0.25, -0.2) is 9.69 Å². The third kappa shape index (κ3) is 3.43. The first-order chi connectivity index (χ1) is 11.9. The van der Waals surface area contributed by atoms with Crippen molar-refractivity contribution in [2.75, 3.05) is 4.90 Å². The summed E-state index contributed by atoms with van der Waals surface area (Å²) in [6.45, 7) is 1.84. The van der Waals surface area contributed by atoms with Crippen molar-refractivity contribution in [2.24, 2.45) is 0 Å². The van der Waals surface area contributed by atoms with Gasteiger partial charge in [-0.15, -0.1) is 0 Å². The zero-order valence-electron chi connectivity index (χ0n) is 13.0. The van der Waals surface area contributed by atoms with Gasteiger partial charge in [0.05, 0.1) is 15.7 Å². The van der Waals surface area contributed by atoms with Crippen molar-refractivity contribution in [1.82, 2.24) is 5.32 Å². The van der Waals surface area contributed by atoms with E-state index in [2.05, 4.69) is 5.32 Å². The van der Waals surface area contributed by atoms with E-state index in [0.717, 1.165) is 10.5 Å². The van der Waals surface area contributed by atoms with Crippen molar-refractivity contribution in [1.29, 1.82) is 0 Å². The van der Waals surface area contributed by atoms with Crippen molar-refractivity contribution in [3.63, 3.8) is 0 Å². The Hall–Kier alpha value is -2.63. The van der Waals surface area contributed by atoms with Crippen LogP contribution in [-0.4, -0.2) is 17.8 Å². The van der Waals surface area contributed by atoms with Gasteiger partial charge in [0.1, 0.15) is 5.57 Å². The zero-order valence-corrected chi connectivity index (χ0v) is 14.6. The number of urea groups is 1. The van der Waals surface area contributed by atoms with Crippen LogP contribution in [0, 0.1) is 6.92 Å². The number of hydrogen-bond acceptors (Lipinski definition) is 3. The average molecular weight is 375 g/mol. The number of imide groups is 2. The fourth-order valence-corrected chi connectivity index (χ4v) is 2.73. The molecule has 2 aromatic carbocycles. The summed E-state index contributed by atoms with van der Waals surface area (Å²) in [6.07, 6.45) is 1.37. The molecule has 0 spiro atoms. The summed E-state index contributed by atoms with van der Waals surface area (Å²) in [7, 11) is 0. The van der Waals surface area contributed by atoms with Crippen LogP contribution in [0.2, 0.25) is 10.0 Å². The van der Waals surface area contributed by atoms with Gasteiger partial charge in [0.2, 0.25) is 0 Å². The number of amides is 4. The van der Waals surface area contributed by atoms with Gasteiger partial charge in [-0.1, -0.05) is 41.4 Å². The van der Waals surface area contributed by atoms with Crippen LogP contribution in [-0.2, 0) is 9.59 Å². The second-order valence-electron chi connectivity index (χ2n) is 5.47. The van der Waals surface area contributed by atoms with Crippen LogP contribution in [0.1, 0.15) is 11.1 Å². The first-order valence-electron chi connectivity index (χ1n) is 7.30. The van der Waals surface area contributed by atoms with E-state index in [1.165, 1.54) is 12.1 Å². The molecule has 0 aliphatic carbocycles. The first-order valence-corrected chi connectivity index (χ1v) is 8.05. The first kappa shape index (κ1) is 17.2.